The third-order valence-electron chi connectivity index (χ3n) is 2.72. The van der Waals surface area contributed by atoms with Crippen molar-refractivity contribution in [3.05, 3.63) is 35.4 Å². The third kappa shape index (κ3) is 2.11. The quantitative estimate of drug-likeness (QED) is 0.725. The van der Waals surface area contributed by atoms with E-state index in [4.69, 9.17) is 4.74 Å². The average Bonchev–Trinajstić information content (AvgIpc) is 2.64. The number of rotatable bonds is 2. The second-order valence-electron chi connectivity index (χ2n) is 4.00. The highest BCUT2D eigenvalue weighted by atomic mass is 19.1. The molecule has 1 aromatic rings. The largest absolute Gasteiger partial charge is 0.367 e. The van der Waals surface area contributed by atoms with E-state index in [1.165, 1.54) is 6.07 Å². The van der Waals surface area contributed by atoms with Crippen molar-refractivity contribution < 1.29 is 18.3 Å². The van der Waals surface area contributed by atoms with Gasteiger partial charge in [0.05, 0.1) is 11.7 Å². The first-order valence-corrected chi connectivity index (χ1v) is 5.22. The van der Waals surface area contributed by atoms with Crippen LogP contribution in [0.4, 0.5) is 8.78 Å². The van der Waals surface area contributed by atoms with Gasteiger partial charge in [-0.05, 0) is 31.9 Å². The fourth-order valence-electron chi connectivity index (χ4n) is 1.86. The van der Waals surface area contributed by atoms with Crippen LogP contribution in [-0.4, -0.2) is 18.0 Å². The Morgan fingerprint density at radius 1 is 1.38 bits per heavy atom. The summed E-state index contributed by atoms with van der Waals surface area (Å²) in [6.07, 6.45) is 0.822. The number of carbonyl (C=O) groups excluding carboxylic acids is 1. The van der Waals surface area contributed by atoms with Crippen LogP contribution in [0.3, 0.4) is 0 Å². The smallest absolute Gasteiger partial charge is 0.194 e. The van der Waals surface area contributed by atoms with Crippen molar-refractivity contribution >= 4 is 5.78 Å². The van der Waals surface area contributed by atoms with E-state index in [-0.39, 0.29) is 11.7 Å². The van der Waals surface area contributed by atoms with Crippen LogP contribution in [0.15, 0.2) is 18.2 Å². The van der Waals surface area contributed by atoms with E-state index < -0.39 is 23.5 Å². The summed E-state index contributed by atoms with van der Waals surface area (Å²) in [5.41, 5.74) is -0.0968. The molecule has 0 spiro atoms. The zero-order chi connectivity index (χ0) is 11.7. The highest BCUT2D eigenvalue weighted by Crippen LogP contribution is 2.23. The number of hydrogen-bond acceptors (Lipinski definition) is 2. The zero-order valence-electron chi connectivity index (χ0n) is 8.87. The summed E-state index contributed by atoms with van der Waals surface area (Å²) in [6.45, 7) is 1.87. The molecule has 0 bridgehead atoms. The fraction of sp³-hybridized carbons (Fsp3) is 0.417. The molecule has 1 saturated heterocycles. The molecular weight excluding hydrogens is 214 g/mol. The van der Waals surface area contributed by atoms with E-state index in [9.17, 15) is 13.6 Å². The third-order valence-corrected chi connectivity index (χ3v) is 2.72. The number of carbonyl (C=O) groups is 1. The van der Waals surface area contributed by atoms with Gasteiger partial charge in [-0.25, -0.2) is 8.78 Å². The molecule has 0 amide bonds. The van der Waals surface area contributed by atoms with Gasteiger partial charge >= 0.3 is 0 Å². The van der Waals surface area contributed by atoms with Crippen molar-refractivity contribution in [2.45, 2.75) is 32.0 Å². The first-order chi connectivity index (χ1) is 7.58. The fourth-order valence-corrected chi connectivity index (χ4v) is 1.86. The second-order valence-corrected chi connectivity index (χ2v) is 4.00. The summed E-state index contributed by atoms with van der Waals surface area (Å²) in [7, 11) is 0. The van der Waals surface area contributed by atoms with Gasteiger partial charge in [-0.15, -0.1) is 0 Å². The Hall–Kier alpha value is -1.29. The van der Waals surface area contributed by atoms with Gasteiger partial charge in [0.2, 0.25) is 0 Å². The molecule has 1 aliphatic rings. The molecule has 2 unspecified atom stereocenters. The Bertz CT molecular complexity index is 417. The zero-order valence-corrected chi connectivity index (χ0v) is 8.87. The standard InChI is InChI=1S/C12H12F2O2/c1-7-2-5-11(16-7)12(15)9-4-3-8(13)6-10(9)14/h3-4,6-7,11H,2,5H2,1H3. The molecule has 86 valence electrons. The SMILES string of the molecule is CC1CCC(C(=O)c2ccc(F)cc2F)O1. The minimum absolute atomic E-state index is 0.0254. The van der Waals surface area contributed by atoms with Gasteiger partial charge in [-0.3, -0.25) is 4.79 Å². The molecule has 4 heteroatoms. The van der Waals surface area contributed by atoms with Crippen LogP contribution in [0.5, 0.6) is 0 Å². The predicted octanol–water partition coefficient (Wildman–Crippen LogP) is 2.72. The molecule has 0 aliphatic carbocycles. The van der Waals surface area contributed by atoms with Gasteiger partial charge in [-0.2, -0.15) is 0 Å². The summed E-state index contributed by atoms with van der Waals surface area (Å²) in [5.74, 6) is -1.91. The molecule has 1 heterocycles. The van der Waals surface area contributed by atoms with Gasteiger partial charge in [0.1, 0.15) is 17.7 Å². The Kier molecular flexibility index (Phi) is 3.01. The van der Waals surface area contributed by atoms with Crippen LogP contribution in [0.25, 0.3) is 0 Å². The molecule has 2 rings (SSSR count). The van der Waals surface area contributed by atoms with Crippen molar-refractivity contribution in [3.63, 3.8) is 0 Å². The number of hydrogen-bond donors (Lipinski definition) is 0. The minimum atomic E-state index is -0.826. The summed E-state index contributed by atoms with van der Waals surface area (Å²) in [4.78, 5) is 11.8. The lowest BCUT2D eigenvalue weighted by molar-refractivity contribution is 0.0430. The monoisotopic (exact) mass is 226 g/mol. The molecular formula is C12H12F2O2. The number of ether oxygens (including phenoxy) is 1. The van der Waals surface area contributed by atoms with Gasteiger partial charge in [-0.1, -0.05) is 0 Å². The number of halogens is 2. The summed E-state index contributed by atoms with van der Waals surface area (Å²) in [5, 5.41) is 0. The van der Waals surface area contributed by atoms with Gasteiger partial charge < -0.3 is 4.74 Å². The van der Waals surface area contributed by atoms with Crippen LogP contribution >= 0.6 is 0 Å². The van der Waals surface area contributed by atoms with Crippen LogP contribution < -0.4 is 0 Å². The van der Waals surface area contributed by atoms with Gasteiger partial charge in [0.15, 0.2) is 5.78 Å². The molecule has 0 aromatic heterocycles. The van der Waals surface area contributed by atoms with E-state index in [0.29, 0.717) is 12.5 Å². The van der Waals surface area contributed by atoms with Crippen molar-refractivity contribution in [1.82, 2.24) is 0 Å². The van der Waals surface area contributed by atoms with Gasteiger partial charge in [0, 0.05) is 6.07 Å². The van der Waals surface area contributed by atoms with Crippen molar-refractivity contribution in [3.8, 4) is 0 Å². The first kappa shape index (κ1) is 11.2. The number of benzene rings is 1. The Balaban J connectivity index is 2.21. The molecule has 1 fully saturated rings. The summed E-state index contributed by atoms with van der Waals surface area (Å²) in [6, 6.07) is 2.96. The Morgan fingerprint density at radius 3 is 2.69 bits per heavy atom. The number of ketones is 1. The predicted molar refractivity (Wildman–Crippen MR) is 54.3 cm³/mol. The van der Waals surface area contributed by atoms with E-state index in [1.54, 1.807) is 0 Å². The topological polar surface area (TPSA) is 26.3 Å². The second kappa shape index (κ2) is 4.29. The highest BCUT2D eigenvalue weighted by Gasteiger charge is 2.30. The van der Waals surface area contributed by atoms with E-state index in [1.807, 2.05) is 6.92 Å². The maximum atomic E-state index is 13.3. The molecule has 1 aliphatic heterocycles. The van der Waals surface area contributed by atoms with Crippen LogP contribution in [0, 0.1) is 11.6 Å². The van der Waals surface area contributed by atoms with Crippen LogP contribution in [0.1, 0.15) is 30.1 Å². The normalized spacial score (nSPS) is 24.7. The lowest BCUT2D eigenvalue weighted by Crippen LogP contribution is -2.21. The average molecular weight is 226 g/mol. The molecule has 1 aromatic carbocycles. The van der Waals surface area contributed by atoms with E-state index >= 15 is 0 Å². The van der Waals surface area contributed by atoms with Crippen molar-refractivity contribution in [2.24, 2.45) is 0 Å². The Labute approximate surface area is 92.2 Å². The van der Waals surface area contributed by atoms with Gasteiger partial charge in [0.25, 0.3) is 0 Å². The molecule has 0 saturated carbocycles. The van der Waals surface area contributed by atoms with Crippen molar-refractivity contribution in [2.75, 3.05) is 0 Å². The van der Waals surface area contributed by atoms with Crippen LogP contribution in [0.2, 0.25) is 0 Å². The molecule has 2 nitrogen and oxygen atoms in total. The first-order valence-electron chi connectivity index (χ1n) is 5.22. The lowest BCUT2D eigenvalue weighted by atomic mass is 10.0. The van der Waals surface area contributed by atoms with Crippen LogP contribution in [-0.2, 0) is 4.74 Å². The molecule has 0 N–H and O–H groups in total. The maximum absolute atomic E-state index is 13.3. The van der Waals surface area contributed by atoms with E-state index in [2.05, 4.69) is 0 Å². The molecule has 2 atom stereocenters. The minimum Gasteiger partial charge on any atom is -0.367 e. The lowest BCUT2D eigenvalue weighted by Gasteiger charge is -2.10. The highest BCUT2D eigenvalue weighted by molar-refractivity contribution is 5.99. The number of Topliss-reactive ketones (excluding diaryl/α,β-unsaturated/α-hetero) is 1. The summed E-state index contributed by atoms with van der Waals surface area (Å²) >= 11 is 0. The van der Waals surface area contributed by atoms with Crippen molar-refractivity contribution in [1.29, 1.82) is 0 Å². The van der Waals surface area contributed by atoms with E-state index in [0.717, 1.165) is 12.5 Å². The Morgan fingerprint density at radius 2 is 2.12 bits per heavy atom. The maximum Gasteiger partial charge on any atom is 0.194 e. The molecule has 16 heavy (non-hydrogen) atoms. The summed E-state index contributed by atoms with van der Waals surface area (Å²) < 4.78 is 31.4. The molecule has 0 radical (unpaired) electrons.